The van der Waals surface area contributed by atoms with E-state index in [1.54, 1.807) is 0 Å². The predicted octanol–water partition coefficient (Wildman–Crippen LogP) is 24.7. The van der Waals surface area contributed by atoms with E-state index in [0.717, 1.165) is 89.5 Å². The number of hydrogen-bond acceptors (Lipinski definition) is 6. The molecule has 8 aromatic heterocycles. The van der Waals surface area contributed by atoms with Gasteiger partial charge in [-0.2, -0.15) is 0 Å². The first-order chi connectivity index (χ1) is 50.6. The molecule has 0 N–H and O–H groups in total. The van der Waals surface area contributed by atoms with Crippen molar-refractivity contribution in [2.24, 2.45) is 0 Å². The summed E-state index contributed by atoms with van der Waals surface area (Å²) >= 11 is 3.66. The van der Waals surface area contributed by atoms with Gasteiger partial charge in [0.2, 0.25) is 11.9 Å². The Balaban J connectivity index is 0.000000133. The van der Waals surface area contributed by atoms with E-state index in [-0.39, 0.29) is 0 Å². The monoisotopic (exact) mass is 1340 g/mol. The zero-order valence-electron chi connectivity index (χ0n) is 54.7. The second-order valence-electron chi connectivity index (χ2n) is 26.0. The lowest BCUT2D eigenvalue weighted by molar-refractivity contribution is 0.998. The minimum absolute atomic E-state index is 0.651. The minimum atomic E-state index is 0.651. The second-order valence-corrected chi connectivity index (χ2v) is 28.1. The van der Waals surface area contributed by atoms with E-state index in [1.807, 2.05) is 28.7 Å². The molecule has 0 aliphatic rings. The number of thiophene rings is 2. The summed E-state index contributed by atoms with van der Waals surface area (Å²) in [7, 11) is 0. The van der Waals surface area contributed by atoms with Crippen LogP contribution in [-0.2, 0) is 0 Å². The number of para-hydroxylation sites is 6. The predicted molar refractivity (Wildman–Crippen MR) is 429 cm³/mol. The number of fused-ring (bicyclic) bond motifs is 20. The summed E-state index contributed by atoms with van der Waals surface area (Å²) in [5.74, 6) is 1.30. The second kappa shape index (κ2) is 23.3. The molecule has 0 radical (unpaired) electrons. The fourth-order valence-corrected chi connectivity index (χ4v) is 18.2. The first kappa shape index (κ1) is 57.9. The number of aromatic nitrogens is 8. The Morgan fingerprint density at radius 2 is 0.588 bits per heavy atom. The van der Waals surface area contributed by atoms with Gasteiger partial charge in [0, 0.05) is 117 Å². The van der Waals surface area contributed by atoms with Gasteiger partial charge in [0.05, 0.1) is 66.9 Å². The Labute approximate surface area is 592 Å². The van der Waals surface area contributed by atoms with Crippen LogP contribution in [0.2, 0.25) is 0 Å². The average Bonchev–Trinajstić information content (AvgIpc) is 1.55. The molecule has 102 heavy (non-hydrogen) atoms. The summed E-state index contributed by atoms with van der Waals surface area (Å²) in [5.41, 5.74) is 19.1. The van der Waals surface area contributed by atoms with Gasteiger partial charge in [-0.25, -0.2) is 19.9 Å². The molecule has 22 aromatic rings. The lowest BCUT2D eigenvalue weighted by Crippen LogP contribution is -2.04. The molecule has 8 heterocycles. The molecule has 0 aliphatic carbocycles. The summed E-state index contributed by atoms with van der Waals surface area (Å²) in [6, 6.07) is 121. The van der Waals surface area contributed by atoms with Gasteiger partial charge in [0.1, 0.15) is 0 Å². The van der Waals surface area contributed by atoms with Crippen molar-refractivity contribution in [3.63, 3.8) is 0 Å². The van der Waals surface area contributed by atoms with Crippen LogP contribution in [0.25, 0.3) is 196 Å². The van der Waals surface area contributed by atoms with Crippen molar-refractivity contribution in [1.29, 1.82) is 0 Å². The standard InChI is InChI=1S/2C46H28N4S/c1-3-14-29(15-4-1)37-28-38(35-22-13-21-34-32-19-9-12-25-42(32)51-45(34)35)48-46(47-37)50-39-23-10-7-18-31(39)33-26-27-41-43(44(33)50)36-20-8-11-24-40(36)49(41)30-16-5-2-6-17-30;1-3-13-29(14-4-1)37-28-38(30-23-24-34-33-18-9-12-22-42(33)51-43(34)27-30)48-46(47-37)50-39-20-10-7-17-32(39)35-25-26-41-44(45(35)50)36-19-8-11-21-40(36)49(41)31-15-5-2-6-16-31/h2*1-28H. The van der Waals surface area contributed by atoms with Crippen LogP contribution >= 0.6 is 22.7 Å². The molecule has 0 unspecified atom stereocenters. The highest BCUT2D eigenvalue weighted by molar-refractivity contribution is 7.26. The Morgan fingerprint density at radius 3 is 1.11 bits per heavy atom. The Morgan fingerprint density at radius 1 is 0.216 bits per heavy atom. The van der Waals surface area contributed by atoms with Crippen molar-refractivity contribution in [1.82, 2.24) is 38.2 Å². The van der Waals surface area contributed by atoms with Gasteiger partial charge in [0.25, 0.3) is 0 Å². The van der Waals surface area contributed by atoms with Crippen molar-refractivity contribution in [3.8, 4) is 68.3 Å². The van der Waals surface area contributed by atoms with Crippen molar-refractivity contribution in [2.75, 3.05) is 0 Å². The third kappa shape index (κ3) is 9.06. The molecule has 0 atom stereocenters. The summed E-state index contributed by atoms with van der Waals surface area (Å²) in [6.07, 6.45) is 0. The van der Waals surface area contributed by atoms with Crippen molar-refractivity contribution < 1.29 is 0 Å². The van der Waals surface area contributed by atoms with Crippen LogP contribution in [0.4, 0.5) is 0 Å². The van der Waals surface area contributed by atoms with E-state index in [9.17, 15) is 0 Å². The van der Waals surface area contributed by atoms with Gasteiger partial charge in [0.15, 0.2) is 0 Å². The first-order valence-electron chi connectivity index (χ1n) is 34.4. The van der Waals surface area contributed by atoms with E-state index >= 15 is 0 Å². The van der Waals surface area contributed by atoms with Gasteiger partial charge in [-0.15, -0.1) is 22.7 Å². The maximum absolute atomic E-state index is 5.50. The third-order valence-electron chi connectivity index (χ3n) is 20.3. The molecule has 0 saturated heterocycles. The molecule has 0 bridgehead atoms. The molecular formula is C92H56N8S2. The molecule has 0 spiro atoms. The van der Waals surface area contributed by atoms with Crippen LogP contribution < -0.4 is 0 Å². The summed E-state index contributed by atoms with van der Waals surface area (Å²) in [4.78, 5) is 21.7. The molecule has 0 fully saturated rings. The number of benzene rings is 14. The molecule has 8 nitrogen and oxygen atoms in total. The summed E-state index contributed by atoms with van der Waals surface area (Å²) in [6.45, 7) is 0. The van der Waals surface area contributed by atoms with Crippen LogP contribution in [-0.4, -0.2) is 38.2 Å². The average molecular weight is 1340 g/mol. The van der Waals surface area contributed by atoms with Gasteiger partial charge in [-0.3, -0.25) is 9.13 Å². The van der Waals surface area contributed by atoms with E-state index in [4.69, 9.17) is 19.9 Å². The Kier molecular flexibility index (Phi) is 13.2. The number of rotatable bonds is 8. The zero-order chi connectivity index (χ0) is 66.9. The molecule has 22 rings (SSSR count). The Bertz CT molecular complexity index is 7120. The van der Waals surface area contributed by atoms with Crippen LogP contribution in [0.5, 0.6) is 0 Å². The normalized spacial score (nSPS) is 11.9. The number of nitrogens with zero attached hydrogens (tertiary/aromatic N) is 8. The fourth-order valence-electron chi connectivity index (χ4n) is 15.8. The van der Waals surface area contributed by atoms with Crippen LogP contribution in [0.15, 0.2) is 340 Å². The van der Waals surface area contributed by atoms with E-state index in [0.29, 0.717) is 11.9 Å². The topological polar surface area (TPSA) is 71.3 Å². The van der Waals surface area contributed by atoms with Crippen LogP contribution in [0, 0.1) is 0 Å². The highest BCUT2D eigenvalue weighted by Crippen LogP contribution is 2.47. The lowest BCUT2D eigenvalue weighted by atomic mass is 10.0. The van der Waals surface area contributed by atoms with Gasteiger partial charge >= 0.3 is 0 Å². The van der Waals surface area contributed by atoms with Gasteiger partial charge in [-0.1, -0.05) is 249 Å². The molecule has 0 saturated carbocycles. The third-order valence-corrected chi connectivity index (χ3v) is 22.6. The molecule has 0 amide bonds. The highest BCUT2D eigenvalue weighted by Gasteiger charge is 2.26. The lowest BCUT2D eigenvalue weighted by Gasteiger charge is -2.13. The summed E-state index contributed by atoms with van der Waals surface area (Å²) in [5, 5.41) is 14.6. The number of hydrogen-bond donors (Lipinski definition) is 0. The quantitative estimate of drug-likeness (QED) is 0.152. The first-order valence-corrected chi connectivity index (χ1v) is 36.0. The van der Waals surface area contributed by atoms with Crippen molar-refractivity contribution in [3.05, 3.63) is 340 Å². The van der Waals surface area contributed by atoms with E-state index in [2.05, 4.69) is 352 Å². The zero-order valence-corrected chi connectivity index (χ0v) is 56.4. The SMILES string of the molecule is c1ccc(-c2cc(-c3ccc4c(c3)sc3ccccc34)nc(-n3c4ccccc4c4ccc5c(c6ccccc6n5-c5ccccc5)c43)n2)cc1.c1ccc(-c2cc(-c3cccc4c3sc3ccccc34)nc(-n3c4ccccc4c4ccc5c(c6ccccc6n5-c5ccccc5)c43)n2)cc1. The molecule has 10 heteroatoms. The van der Waals surface area contributed by atoms with Crippen molar-refractivity contribution in [2.45, 2.75) is 0 Å². The largest absolute Gasteiger partial charge is 0.309 e. The van der Waals surface area contributed by atoms with Crippen LogP contribution in [0.1, 0.15) is 0 Å². The fraction of sp³-hybridized carbons (Fsp3) is 0. The van der Waals surface area contributed by atoms with E-state index in [1.165, 1.54) is 94.5 Å². The van der Waals surface area contributed by atoms with E-state index < -0.39 is 0 Å². The Hall–Kier alpha value is -13.1. The maximum atomic E-state index is 5.50. The van der Waals surface area contributed by atoms with Gasteiger partial charge in [-0.05, 0) is 91.0 Å². The molecular weight excluding hydrogens is 1280 g/mol. The van der Waals surface area contributed by atoms with Crippen molar-refractivity contribution >= 4 is 150 Å². The molecule has 476 valence electrons. The van der Waals surface area contributed by atoms with Crippen LogP contribution in [0.3, 0.4) is 0 Å². The highest BCUT2D eigenvalue weighted by atomic mass is 32.1. The minimum Gasteiger partial charge on any atom is -0.309 e. The maximum Gasteiger partial charge on any atom is 0.235 e. The smallest absolute Gasteiger partial charge is 0.235 e. The molecule has 0 aliphatic heterocycles. The summed E-state index contributed by atoms with van der Waals surface area (Å²) < 4.78 is 14.4. The van der Waals surface area contributed by atoms with Gasteiger partial charge < -0.3 is 9.13 Å². The molecule has 14 aromatic carbocycles.